The highest BCUT2D eigenvalue weighted by Gasteiger charge is 2.44. The van der Waals surface area contributed by atoms with Crippen LogP contribution in [0.4, 0.5) is 0 Å². The first kappa shape index (κ1) is 14.8. The number of hydrogen-bond donors (Lipinski definition) is 1. The number of para-hydroxylation sites is 1. The molecule has 116 valence electrons. The highest BCUT2D eigenvalue weighted by molar-refractivity contribution is 5.37. The van der Waals surface area contributed by atoms with Crippen LogP contribution in [0.15, 0.2) is 24.3 Å². The van der Waals surface area contributed by atoms with Gasteiger partial charge < -0.3 is 14.6 Å². The smallest absolute Gasteiger partial charge is 0.125 e. The summed E-state index contributed by atoms with van der Waals surface area (Å²) < 4.78 is 12.0. The van der Waals surface area contributed by atoms with Gasteiger partial charge in [-0.25, -0.2) is 0 Å². The number of benzene rings is 1. The predicted molar refractivity (Wildman–Crippen MR) is 81.5 cm³/mol. The van der Waals surface area contributed by atoms with Crippen molar-refractivity contribution < 1.29 is 14.6 Å². The second kappa shape index (κ2) is 4.97. The number of aliphatic hydroxyl groups excluding tert-OH is 1. The Morgan fingerprint density at radius 2 is 1.71 bits per heavy atom. The fraction of sp³-hybridized carbons (Fsp3) is 0.647. The minimum absolute atomic E-state index is 0.0256. The van der Waals surface area contributed by atoms with Crippen molar-refractivity contribution in [2.75, 3.05) is 19.7 Å². The predicted octanol–water partition coefficient (Wildman–Crippen LogP) is 2.37. The van der Waals surface area contributed by atoms with Gasteiger partial charge in [-0.2, -0.15) is 0 Å². The van der Waals surface area contributed by atoms with Crippen molar-refractivity contribution in [3.8, 4) is 5.75 Å². The third-order valence-corrected chi connectivity index (χ3v) is 4.20. The maximum absolute atomic E-state index is 10.8. The molecule has 1 aromatic rings. The third kappa shape index (κ3) is 2.93. The molecule has 0 aromatic heterocycles. The summed E-state index contributed by atoms with van der Waals surface area (Å²) >= 11 is 0. The zero-order valence-electron chi connectivity index (χ0n) is 13.3. The molecule has 4 nitrogen and oxygen atoms in total. The number of morpholine rings is 1. The molecule has 2 heterocycles. The molecule has 4 heteroatoms. The molecule has 1 saturated heterocycles. The summed E-state index contributed by atoms with van der Waals surface area (Å²) in [6.07, 6.45) is -0.514. The van der Waals surface area contributed by atoms with E-state index in [9.17, 15) is 5.11 Å². The van der Waals surface area contributed by atoms with Gasteiger partial charge in [0.15, 0.2) is 0 Å². The lowest BCUT2D eigenvalue weighted by atomic mass is 9.92. The molecule has 21 heavy (non-hydrogen) atoms. The van der Waals surface area contributed by atoms with Gasteiger partial charge in [0.1, 0.15) is 18.5 Å². The quantitative estimate of drug-likeness (QED) is 0.862. The van der Waals surface area contributed by atoms with Crippen molar-refractivity contribution in [3.63, 3.8) is 0 Å². The van der Waals surface area contributed by atoms with Crippen molar-refractivity contribution >= 4 is 0 Å². The molecule has 2 aliphatic rings. The second-order valence-corrected chi connectivity index (χ2v) is 7.39. The fourth-order valence-corrected chi connectivity index (χ4v) is 3.72. The SMILES string of the molecule is CC1(C)CN(C2COc3ccccc3C2O)CC(C)(C)O1. The van der Waals surface area contributed by atoms with Gasteiger partial charge in [-0.15, -0.1) is 0 Å². The normalized spacial score (nSPS) is 31.3. The van der Waals surface area contributed by atoms with Crippen LogP contribution in [0.2, 0.25) is 0 Å². The summed E-state index contributed by atoms with van der Waals surface area (Å²) in [5.41, 5.74) is 0.438. The van der Waals surface area contributed by atoms with Crippen LogP contribution >= 0.6 is 0 Å². The third-order valence-electron chi connectivity index (χ3n) is 4.20. The minimum Gasteiger partial charge on any atom is -0.491 e. The van der Waals surface area contributed by atoms with Gasteiger partial charge in [0.2, 0.25) is 0 Å². The Balaban J connectivity index is 1.85. The van der Waals surface area contributed by atoms with E-state index in [0.29, 0.717) is 6.61 Å². The second-order valence-electron chi connectivity index (χ2n) is 7.39. The Bertz CT molecular complexity index is 511. The van der Waals surface area contributed by atoms with Crippen LogP contribution in [-0.4, -0.2) is 46.9 Å². The number of ether oxygens (including phenoxy) is 2. The van der Waals surface area contributed by atoms with Gasteiger partial charge >= 0.3 is 0 Å². The van der Waals surface area contributed by atoms with Gasteiger partial charge in [-0.3, -0.25) is 4.90 Å². The topological polar surface area (TPSA) is 41.9 Å². The Hall–Kier alpha value is -1.10. The van der Waals surface area contributed by atoms with Gasteiger partial charge in [-0.05, 0) is 33.8 Å². The van der Waals surface area contributed by atoms with Gasteiger partial charge in [0, 0.05) is 18.7 Å². The molecule has 0 aliphatic carbocycles. The summed E-state index contributed by atoms with van der Waals surface area (Å²) in [6, 6.07) is 7.72. The molecule has 2 aliphatic heterocycles. The molecule has 0 spiro atoms. The fourth-order valence-electron chi connectivity index (χ4n) is 3.72. The lowest BCUT2D eigenvalue weighted by molar-refractivity contribution is -0.197. The molecule has 0 amide bonds. The summed E-state index contributed by atoms with van der Waals surface area (Å²) in [4.78, 5) is 2.31. The van der Waals surface area contributed by atoms with Crippen molar-refractivity contribution in [2.45, 2.75) is 51.0 Å². The standard InChI is InChI=1S/C17H25NO3/c1-16(2)10-18(11-17(3,4)21-16)13-9-20-14-8-6-5-7-12(14)15(13)19/h5-8,13,15,19H,9-11H2,1-4H3. The lowest BCUT2D eigenvalue weighted by Gasteiger charge is -2.51. The molecule has 0 saturated carbocycles. The maximum Gasteiger partial charge on any atom is 0.125 e. The zero-order chi connectivity index (χ0) is 15.3. The average Bonchev–Trinajstić information content (AvgIpc) is 2.35. The van der Waals surface area contributed by atoms with E-state index >= 15 is 0 Å². The highest BCUT2D eigenvalue weighted by Crippen LogP contribution is 2.37. The Morgan fingerprint density at radius 3 is 2.38 bits per heavy atom. The number of nitrogens with zero attached hydrogens (tertiary/aromatic N) is 1. The van der Waals surface area contributed by atoms with E-state index in [2.05, 4.69) is 32.6 Å². The lowest BCUT2D eigenvalue weighted by Crippen LogP contribution is -2.62. The Morgan fingerprint density at radius 1 is 1.10 bits per heavy atom. The van der Waals surface area contributed by atoms with E-state index < -0.39 is 6.10 Å². The van der Waals surface area contributed by atoms with E-state index in [1.807, 2.05) is 24.3 Å². The summed E-state index contributed by atoms with van der Waals surface area (Å²) in [7, 11) is 0. The van der Waals surface area contributed by atoms with Crippen LogP contribution in [-0.2, 0) is 4.74 Å². The molecule has 1 N–H and O–H groups in total. The van der Waals surface area contributed by atoms with Crippen molar-refractivity contribution in [2.24, 2.45) is 0 Å². The van der Waals surface area contributed by atoms with E-state index in [1.54, 1.807) is 0 Å². The first-order chi connectivity index (χ1) is 9.77. The van der Waals surface area contributed by atoms with Crippen LogP contribution < -0.4 is 4.74 Å². The highest BCUT2D eigenvalue weighted by atomic mass is 16.5. The monoisotopic (exact) mass is 291 g/mol. The molecule has 0 bridgehead atoms. The summed E-state index contributed by atoms with van der Waals surface area (Å²) in [5, 5.41) is 10.8. The van der Waals surface area contributed by atoms with Gasteiger partial charge in [0.25, 0.3) is 0 Å². The maximum atomic E-state index is 10.8. The van der Waals surface area contributed by atoms with Crippen LogP contribution in [0, 0.1) is 0 Å². The molecule has 0 radical (unpaired) electrons. The van der Waals surface area contributed by atoms with Crippen LogP contribution in [0.25, 0.3) is 0 Å². The molecular weight excluding hydrogens is 266 g/mol. The number of rotatable bonds is 1. The van der Waals surface area contributed by atoms with Crippen LogP contribution in [0.5, 0.6) is 5.75 Å². The first-order valence-electron chi connectivity index (χ1n) is 7.61. The number of hydrogen-bond acceptors (Lipinski definition) is 4. The molecule has 1 aromatic carbocycles. The molecule has 2 unspecified atom stereocenters. The Kier molecular flexibility index (Phi) is 3.51. The molecule has 2 atom stereocenters. The van der Waals surface area contributed by atoms with E-state index in [4.69, 9.17) is 9.47 Å². The van der Waals surface area contributed by atoms with Gasteiger partial charge in [0.05, 0.1) is 17.2 Å². The molecule has 1 fully saturated rings. The zero-order valence-corrected chi connectivity index (χ0v) is 13.3. The summed E-state index contributed by atoms with van der Waals surface area (Å²) in [5.74, 6) is 0.799. The van der Waals surface area contributed by atoms with Crippen LogP contribution in [0.3, 0.4) is 0 Å². The van der Waals surface area contributed by atoms with E-state index in [1.165, 1.54) is 0 Å². The largest absolute Gasteiger partial charge is 0.491 e. The van der Waals surface area contributed by atoms with Crippen molar-refractivity contribution in [1.29, 1.82) is 0 Å². The number of aliphatic hydroxyl groups is 1. The van der Waals surface area contributed by atoms with Gasteiger partial charge in [-0.1, -0.05) is 18.2 Å². The summed E-state index contributed by atoms with van der Waals surface area (Å²) in [6.45, 7) is 10.5. The van der Waals surface area contributed by atoms with Crippen LogP contribution in [0.1, 0.15) is 39.4 Å². The number of fused-ring (bicyclic) bond motifs is 1. The molecule has 3 rings (SSSR count). The van der Waals surface area contributed by atoms with E-state index in [-0.39, 0.29) is 17.2 Å². The van der Waals surface area contributed by atoms with Crippen molar-refractivity contribution in [1.82, 2.24) is 4.90 Å². The Labute approximate surface area is 126 Å². The first-order valence-corrected chi connectivity index (χ1v) is 7.61. The van der Waals surface area contributed by atoms with E-state index in [0.717, 1.165) is 24.4 Å². The average molecular weight is 291 g/mol. The van der Waals surface area contributed by atoms with Crippen molar-refractivity contribution in [3.05, 3.63) is 29.8 Å². The minimum atomic E-state index is -0.514. The molecular formula is C17H25NO3.